The van der Waals surface area contributed by atoms with Gasteiger partial charge in [-0.3, -0.25) is 4.79 Å². The molecule has 0 aliphatic carbocycles. The molecular formula is C17H23FN2O. The van der Waals surface area contributed by atoms with E-state index in [1.165, 1.54) is 12.8 Å². The fraction of sp³-hybridized carbons (Fsp3) is 0.588. The monoisotopic (exact) mass is 290 g/mol. The Morgan fingerprint density at radius 3 is 2.52 bits per heavy atom. The van der Waals surface area contributed by atoms with Crippen molar-refractivity contribution in [3.63, 3.8) is 0 Å². The maximum Gasteiger partial charge on any atom is 0.256 e. The summed E-state index contributed by atoms with van der Waals surface area (Å²) in [7, 11) is 0. The zero-order valence-corrected chi connectivity index (χ0v) is 12.6. The van der Waals surface area contributed by atoms with Crippen molar-refractivity contribution >= 4 is 5.91 Å². The highest BCUT2D eigenvalue weighted by Gasteiger charge is 2.37. The van der Waals surface area contributed by atoms with E-state index in [2.05, 4.69) is 5.32 Å². The van der Waals surface area contributed by atoms with Crippen molar-refractivity contribution in [1.82, 2.24) is 10.2 Å². The van der Waals surface area contributed by atoms with Gasteiger partial charge in [0.2, 0.25) is 0 Å². The number of rotatable bonds is 1. The second kappa shape index (κ2) is 5.76. The van der Waals surface area contributed by atoms with Crippen molar-refractivity contribution in [2.24, 2.45) is 5.41 Å². The number of carbonyl (C=O) groups excluding carboxylic acids is 1. The molecule has 1 amide bonds. The molecule has 4 heteroatoms. The molecule has 0 bridgehead atoms. The van der Waals surface area contributed by atoms with Gasteiger partial charge in [0, 0.05) is 13.1 Å². The van der Waals surface area contributed by atoms with Crippen LogP contribution in [0, 0.1) is 18.2 Å². The average molecular weight is 290 g/mol. The molecule has 21 heavy (non-hydrogen) atoms. The summed E-state index contributed by atoms with van der Waals surface area (Å²) in [6, 6.07) is 5.05. The minimum Gasteiger partial charge on any atom is -0.339 e. The Balaban J connectivity index is 1.69. The zero-order chi connectivity index (χ0) is 14.9. The standard InChI is InChI=1S/C17H23FN2O/c1-13-3-2-4-14(15(13)18)16(21)20-11-7-17(8-12-20)5-9-19-10-6-17/h2-4,19H,5-12H2,1H3. The van der Waals surface area contributed by atoms with E-state index >= 15 is 0 Å². The van der Waals surface area contributed by atoms with Crippen LogP contribution in [-0.2, 0) is 0 Å². The lowest BCUT2D eigenvalue weighted by Gasteiger charge is -2.44. The summed E-state index contributed by atoms with van der Waals surface area (Å²) in [5.74, 6) is -0.523. The number of benzene rings is 1. The smallest absolute Gasteiger partial charge is 0.256 e. The summed E-state index contributed by atoms with van der Waals surface area (Å²) in [5.41, 5.74) is 1.16. The molecule has 0 saturated carbocycles. The lowest BCUT2D eigenvalue weighted by atomic mass is 9.71. The quantitative estimate of drug-likeness (QED) is 0.862. The van der Waals surface area contributed by atoms with Crippen molar-refractivity contribution in [3.05, 3.63) is 35.1 Å². The third-order valence-electron chi connectivity index (χ3n) is 5.20. The van der Waals surface area contributed by atoms with E-state index in [4.69, 9.17) is 0 Å². The molecule has 3 rings (SSSR count). The van der Waals surface area contributed by atoms with Crippen LogP contribution in [0.25, 0.3) is 0 Å². The molecule has 1 N–H and O–H groups in total. The molecule has 0 aromatic heterocycles. The van der Waals surface area contributed by atoms with Crippen LogP contribution < -0.4 is 5.32 Å². The van der Waals surface area contributed by atoms with Crippen molar-refractivity contribution < 1.29 is 9.18 Å². The Kier molecular flexibility index (Phi) is 3.98. The molecule has 2 aliphatic rings. The first-order valence-corrected chi connectivity index (χ1v) is 7.86. The van der Waals surface area contributed by atoms with Crippen LogP contribution in [0.2, 0.25) is 0 Å². The summed E-state index contributed by atoms with van der Waals surface area (Å²) in [6.45, 7) is 5.38. The van der Waals surface area contributed by atoms with Crippen LogP contribution in [-0.4, -0.2) is 37.0 Å². The van der Waals surface area contributed by atoms with Gasteiger partial charge < -0.3 is 10.2 Å². The van der Waals surface area contributed by atoms with Crippen LogP contribution in [0.1, 0.15) is 41.6 Å². The number of halogens is 1. The van der Waals surface area contributed by atoms with Gasteiger partial charge in [-0.1, -0.05) is 12.1 Å². The maximum absolute atomic E-state index is 14.1. The van der Waals surface area contributed by atoms with Gasteiger partial charge in [-0.05, 0) is 62.7 Å². The number of likely N-dealkylation sites (tertiary alicyclic amines) is 1. The van der Waals surface area contributed by atoms with Crippen LogP contribution in [0.3, 0.4) is 0 Å². The molecule has 2 heterocycles. The van der Waals surface area contributed by atoms with Crippen LogP contribution >= 0.6 is 0 Å². The summed E-state index contributed by atoms with van der Waals surface area (Å²) >= 11 is 0. The van der Waals surface area contributed by atoms with E-state index in [-0.39, 0.29) is 17.3 Å². The van der Waals surface area contributed by atoms with E-state index in [1.807, 2.05) is 4.90 Å². The fourth-order valence-corrected chi connectivity index (χ4v) is 3.62. The van der Waals surface area contributed by atoms with Gasteiger partial charge in [0.05, 0.1) is 5.56 Å². The molecule has 2 aliphatic heterocycles. The minimum absolute atomic E-state index is 0.153. The number of amides is 1. The summed E-state index contributed by atoms with van der Waals surface area (Å²) in [5, 5.41) is 3.40. The number of aryl methyl sites for hydroxylation is 1. The second-order valence-electron chi connectivity index (χ2n) is 6.48. The molecule has 3 nitrogen and oxygen atoms in total. The normalized spacial score (nSPS) is 21.5. The number of hydrogen-bond acceptors (Lipinski definition) is 2. The lowest BCUT2D eigenvalue weighted by molar-refractivity contribution is 0.0492. The van der Waals surface area contributed by atoms with E-state index in [1.54, 1.807) is 25.1 Å². The fourth-order valence-electron chi connectivity index (χ4n) is 3.62. The van der Waals surface area contributed by atoms with Crippen molar-refractivity contribution in [2.45, 2.75) is 32.6 Å². The number of hydrogen-bond donors (Lipinski definition) is 1. The Hall–Kier alpha value is -1.42. The predicted molar refractivity (Wildman–Crippen MR) is 80.8 cm³/mol. The van der Waals surface area contributed by atoms with Crippen LogP contribution in [0.15, 0.2) is 18.2 Å². The van der Waals surface area contributed by atoms with Gasteiger partial charge in [0.25, 0.3) is 5.91 Å². The number of piperidine rings is 2. The van der Waals surface area contributed by atoms with Gasteiger partial charge in [0.15, 0.2) is 0 Å². The highest BCUT2D eigenvalue weighted by Crippen LogP contribution is 2.39. The van der Waals surface area contributed by atoms with Crippen molar-refractivity contribution in [3.8, 4) is 0 Å². The molecular weight excluding hydrogens is 267 g/mol. The lowest BCUT2D eigenvalue weighted by Crippen LogP contribution is -2.47. The third kappa shape index (κ3) is 2.82. The molecule has 1 aromatic rings. The van der Waals surface area contributed by atoms with Crippen molar-refractivity contribution in [1.29, 1.82) is 0 Å². The van der Waals surface area contributed by atoms with Crippen LogP contribution in [0.4, 0.5) is 4.39 Å². The Labute approximate surface area is 125 Å². The molecule has 1 spiro atoms. The van der Waals surface area contributed by atoms with E-state index < -0.39 is 0 Å². The highest BCUT2D eigenvalue weighted by molar-refractivity contribution is 5.94. The Morgan fingerprint density at radius 1 is 1.19 bits per heavy atom. The van der Waals surface area contributed by atoms with Gasteiger partial charge in [-0.2, -0.15) is 0 Å². The van der Waals surface area contributed by atoms with Gasteiger partial charge in [-0.25, -0.2) is 4.39 Å². The molecule has 2 fully saturated rings. The van der Waals surface area contributed by atoms with Gasteiger partial charge in [0.1, 0.15) is 5.82 Å². The third-order valence-corrected chi connectivity index (χ3v) is 5.20. The molecule has 1 aromatic carbocycles. The van der Waals surface area contributed by atoms with Gasteiger partial charge in [-0.15, -0.1) is 0 Å². The predicted octanol–water partition coefficient (Wildman–Crippen LogP) is 2.74. The molecule has 0 unspecified atom stereocenters. The summed E-state index contributed by atoms with van der Waals surface area (Å²) in [4.78, 5) is 14.3. The van der Waals surface area contributed by atoms with E-state index in [9.17, 15) is 9.18 Å². The number of carbonyl (C=O) groups is 1. The largest absolute Gasteiger partial charge is 0.339 e. The van der Waals surface area contributed by atoms with Crippen molar-refractivity contribution in [2.75, 3.05) is 26.2 Å². The molecule has 0 atom stereocenters. The Morgan fingerprint density at radius 2 is 1.86 bits per heavy atom. The topological polar surface area (TPSA) is 32.3 Å². The SMILES string of the molecule is Cc1cccc(C(=O)N2CCC3(CCNCC3)CC2)c1F. The summed E-state index contributed by atoms with van der Waals surface area (Å²) in [6.07, 6.45) is 4.50. The minimum atomic E-state index is -0.371. The first kappa shape index (κ1) is 14.5. The molecule has 2 saturated heterocycles. The summed E-state index contributed by atoms with van der Waals surface area (Å²) < 4.78 is 14.1. The zero-order valence-electron chi connectivity index (χ0n) is 12.6. The second-order valence-corrected chi connectivity index (χ2v) is 6.48. The Bertz CT molecular complexity index is 528. The molecule has 0 radical (unpaired) electrons. The molecule has 114 valence electrons. The van der Waals surface area contributed by atoms with Crippen LogP contribution in [0.5, 0.6) is 0 Å². The van der Waals surface area contributed by atoms with Gasteiger partial charge >= 0.3 is 0 Å². The maximum atomic E-state index is 14.1. The number of nitrogens with zero attached hydrogens (tertiary/aromatic N) is 1. The highest BCUT2D eigenvalue weighted by atomic mass is 19.1. The van der Waals surface area contributed by atoms with E-state index in [0.29, 0.717) is 11.0 Å². The first-order valence-electron chi connectivity index (χ1n) is 7.86. The number of nitrogens with one attached hydrogen (secondary N) is 1. The van der Waals surface area contributed by atoms with E-state index in [0.717, 1.165) is 39.0 Å². The average Bonchev–Trinajstić information content (AvgIpc) is 2.51. The first-order chi connectivity index (χ1) is 10.1.